The Hall–Kier alpha value is -17.8. The number of aryl methyl sites for hydroxylation is 6. The van der Waals surface area contributed by atoms with Gasteiger partial charge in [-0.3, -0.25) is 19.2 Å². The maximum atomic E-state index is 14.0. The predicted octanol–water partition coefficient (Wildman–Crippen LogP) is 35.4. The molecule has 0 bridgehead atoms. The van der Waals surface area contributed by atoms with Crippen LogP contribution in [-0.2, 0) is 24.9 Å². The third kappa shape index (κ3) is 14.7. The number of ketones is 4. The summed E-state index contributed by atoms with van der Waals surface area (Å²) in [5.41, 5.74) is 42.2. The van der Waals surface area contributed by atoms with Crippen LogP contribution in [0.5, 0.6) is 0 Å². The second-order valence-electron chi connectivity index (χ2n) is 40.9. The Bertz CT molecular complexity index is 9130. The summed E-state index contributed by atoms with van der Waals surface area (Å²) in [5.74, 6) is 0.00577. The zero-order chi connectivity index (χ0) is 99.4. The normalized spacial score (nSPS) is 12.7. The summed E-state index contributed by atoms with van der Waals surface area (Å²) in [7, 11) is 4.28. The Labute approximate surface area is 849 Å². The van der Waals surface area contributed by atoms with Crippen molar-refractivity contribution in [3.8, 4) is 111 Å². The van der Waals surface area contributed by atoms with E-state index in [4.69, 9.17) is 0 Å². The van der Waals surface area contributed by atoms with Gasteiger partial charge in [0.25, 0.3) is 0 Å². The molecule has 0 saturated carbocycles. The highest BCUT2D eigenvalue weighted by molar-refractivity contribution is 6.27. The van der Waals surface area contributed by atoms with Crippen LogP contribution in [0.3, 0.4) is 0 Å². The molecule has 0 unspecified atom stereocenters. The van der Waals surface area contributed by atoms with Crippen molar-refractivity contribution in [1.82, 2.24) is 9.13 Å². The van der Waals surface area contributed by atoms with Crippen LogP contribution in [0.2, 0.25) is 0 Å². The monoisotopic (exact) mass is 1870 g/mol. The number of carbonyl (C=O) groups is 4. The van der Waals surface area contributed by atoms with Crippen LogP contribution < -0.4 is 0 Å². The standard InChI is InChI=1S/C72H54O2.C68H48N2O2/c1-43-37-51(69(73)45-17-9-7-10-18-45)29-31-53(43)67-59-35-27-48(50-26-34-58-56-22-14-16-24-64(56)72(5,6)66(58)42-50)40-62(59)68(54-32-30-52(38-44(54)2)70(74)46-19-11-8-12-20-46)60-36-28-47(39-61(60)67)49-25-33-57-55-21-13-15-23-63(55)71(3,4)65(57)41-49;1-41-35-49(67(71)43-15-7-5-8-16-43)25-29-51(41)65-55-31-23-46(48-28-34-64-58(38-48)54-20-12-14-22-62(54)70(64)4)40-60(55)66(52-30-26-50(36-42(52)2)68(72)44-17-9-6-10-18-44)56-32-24-45(39-59(56)65)47-27-33-63-57(37-47)53-19-11-13-21-61(53)69(63)3/h7-42H,1-6H3;5-40H,1-4H3. The molecule has 2 aliphatic rings. The summed E-state index contributed by atoms with van der Waals surface area (Å²) >= 11 is 0. The first-order valence-electron chi connectivity index (χ1n) is 50.4. The lowest BCUT2D eigenvalue weighted by atomic mass is 9.80. The van der Waals surface area contributed by atoms with Gasteiger partial charge in [0.2, 0.25) is 0 Å². The summed E-state index contributed by atoms with van der Waals surface area (Å²) in [4.78, 5) is 55.8. The quantitative estimate of drug-likeness (QED) is 0.0713. The van der Waals surface area contributed by atoms with Crippen LogP contribution in [0.4, 0.5) is 0 Å². The second-order valence-corrected chi connectivity index (χ2v) is 40.9. The number of aromatic nitrogens is 2. The first kappa shape index (κ1) is 89.5. The lowest BCUT2D eigenvalue weighted by molar-refractivity contribution is 0.103. The number of nitrogens with zero attached hydrogens (tertiary/aromatic N) is 2. The van der Waals surface area contributed by atoms with Crippen LogP contribution in [0.25, 0.3) is 198 Å². The predicted molar refractivity (Wildman–Crippen MR) is 608 cm³/mol. The van der Waals surface area contributed by atoms with Gasteiger partial charge in [0.15, 0.2) is 23.1 Å². The Kier molecular flexibility index (Phi) is 21.5. The van der Waals surface area contributed by atoms with E-state index in [0.29, 0.717) is 44.5 Å². The minimum Gasteiger partial charge on any atom is -0.344 e. The van der Waals surface area contributed by atoms with Crippen molar-refractivity contribution in [3.63, 3.8) is 0 Å². The molecule has 146 heavy (non-hydrogen) atoms. The maximum absolute atomic E-state index is 14.0. The Morgan fingerprint density at radius 3 is 0.678 bits per heavy atom. The lowest BCUT2D eigenvalue weighted by Crippen LogP contribution is -2.14. The largest absolute Gasteiger partial charge is 0.344 e. The molecular formula is C140H102N2O4. The van der Waals surface area contributed by atoms with Gasteiger partial charge in [-0.25, -0.2) is 0 Å². The molecule has 22 aromatic carbocycles. The minimum absolute atomic E-state index is 0.00102. The fraction of sp³-hybridized carbons (Fsp3) is 0.0857. The van der Waals surface area contributed by atoms with Crippen molar-refractivity contribution in [2.75, 3.05) is 0 Å². The number of para-hydroxylation sites is 2. The maximum Gasteiger partial charge on any atom is 0.193 e. The molecule has 0 radical (unpaired) electrons. The van der Waals surface area contributed by atoms with Gasteiger partial charge in [-0.1, -0.05) is 367 Å². The zero-order valence-corrected chi connectivity index (χ0v) is 83.1. The molecule has 0 fully saturated rings. The minimum atomic E-state index is -0.148. The van der Waals surface area contributed by atoms with Gasteiger partial charge in [0.05, 0.1) is 0 Å². The molecule has 696 valence electrons. The highest BCUT2D eigenvalue weighted by atomic mass is 16.1. The van der Waals surface area contributed by atoms with Crippen molar-refractivity contribution >= 4 is 110 Å². The van der Waals surface area contributed by atoms with Crippen LogP contribution in [0.1, 0.15) is 136 Å². The van der Waals surface area contributed by atoms with E-state index in [0.717, 1.165) is 154 Å². The highest BCUT2D eigenvalue weighted by Gasteiger charge is 2.38. The van der Waals surface area contributed by atoms with Crippen molar-refractivity contribution in [1.29, 1.82) is 0 Å². The molecule has 0 atom stereocenters. The van der Waals surface area contributed by atoms with Crippen molar-refractivity contribution in [2.24, 2.45) is 14.1 Å². The van der Waals surface area contributed by atoms with Crippen LogP contribution >= 0.6 is 0 Å². The molecule has 2 aliphatic carbocycles. The average Bonchev–Trinajstić information content (AvgIpc) is 1.22. The van der Waals surface area contributed by atoms with E-state index in [1.165, 1.54) is 88.1 Å². The van der Waals surface area contributed by atoms with Crippen molar-refractivity contribution in [3.05, 3.63) is 526 Å². The first-order chi connectivity index (χ1) is 71.1. The van der Waals surface area contributed by atoms with E-state index in [-0.39, 0.29) is 34.0 Å². The van der Waals surface area contributed by atoms with E-state index in [9.17, 15) is 19.2 Å². The second kappa shape index (κ2) is 35.1. The van der Waals surface area contributed by atoms with Crippen LogP contribution in [0, 0.1) is 27.7 Å². The van der Waals surface area contributed by atoms with Gasteiger partial charge >= 0.3 is 0 Å². The van der Waals surface area contributed by atoms with Gasteiger partial charge in [-0.15, -0.1) is 0 Å². The first-order valence-corrected chi connectivity index (χ1v) is 50.4. The fourth-order valence-corrected chi connectivity index (χ4v) is 24.2. The molecule has 0 aliphatic heterocycles. The number of hydrogen-bond donors (Lipinski definition) is 0. The summed E-state index contributed by atoms with van der Waals surface area (Å²) in [6.07, 6.45) is 0. The van der Waals surface area contributed by atoms with E-state index < -0.39 is 0 Å². The lowest BCUT2D eigenvalue weighted by Gasteiger charge is -2.23. The number of benzene rings is 22. The van der Waals surface area contributed by atoms with Gasteiger partial charge < -0.3 is 9.13 Å². The van der Waals surface area contributed by atoms with Crippen LogP contribution in [0.15, 0.2) is 437 Å². The molecule has 2 heterocycles. The van der Waals surface area contributed by atoms with Gasteiger partial charge in [0.1, 0.15) is 0 Å². The van der Waals surface area contributed by atoms with Crippen molar-refractivity contribution in [2.45, 2.75) is 66.2 Å². The third-order valence-electron chi connectivity index (χ3n) is 31.7. The van der Waals surface area contributed by atoms with Gasteiger partial charge in [0, 0.05) is 113 Å². The molecule has 2 aromatic heterocycles. The Morgan fingerprint density at radius 1 is 0.171 bits per heavy atom. The SMILES string of the molecule is Cc1cc(C(=O)c2ccccc2)ccc1-c1c2ccc(-c3ccc4c(c3)C(C)(C)c3ccccc3-4)cc2c(-c2ccc(C(=O)c3ccccc3)cc2C)c2ccc(-c3ccc4c(c3)C(C)(C)c3ccccc3-4)cc12.Cc1cc(C(=O)c2ccccc2)ccc1-c1c2ccc(-c3ccc4c(c3)c3ccccc3n4C)cc2c(-c2ccc(C(=O)c3ccccc3)cc2C)c2ccc(-c3ccc4c(c3)c3ccccc3n4C)cc12. The van der Waals surface area contributed by atoms with E-state index in [1.54, 1.807) is 0 Å². The molecule has 0 saturated heterocycles. The molecule has 26 rings (SSSR count). The molecular weight excluding hydrogens is 1770 g/mol. The molecule has 0 spiro atoms. The Morgan fingerprint density at radius 2 is 0.390 bits per heavy atom. The number of hydrogen-bond acceptors (Lipinski definition) is 4. The molecule has 24 aromatic rings. The summed E-state index contributed by atoms with van der Waals surface area (Å²) in [6.45, 7) is 17.9. The average molecular weight is 1880 g/mol. The number of carbonyl (C=O) groups excluding carboxylic acids is 4. The summed E-state index contributed by atoms with van der Waals surface area (Å²) in [5, 5.41) is 13.8. The van der Waals surface area contributed by atoms with E-state index in [2.05, 4.69) is 370 Å². The molecule has 6 heteroatoms. The molecule has 6 nitrogen and oxygen atoms in total. The zero-order valence-electron chi connectivity index (χ0n) is 83.1. The van der Waals surface area contributed by atoms with Crippen LogP contribution in [-0.4, -0.2) is 32.3 Å². The summed E-state index contributed by atoms with van der Waals surface area (Å²) < 4.78 is 4.55. The third-order valence-corrected chi connectivity index (χ3v) is 31.7. The topological polar surface area (TPSA) is 78.1 Å². The molecule has 0 N–H and O–H groups in total. The van der Waals surface area contributed by atoms with Gasteiger partial charge in [-0.05, 0) is 324 Å². The van der Waals surface area contributed by atoms with E-state index >= 15 is 0 Å². The summed E-state index contributed by atoms with van der Waals surface area (Å²) in [6, 6.07) is 153. The number of rotatable bonds is 16. The Balaban J connectivity index is 0.000000152. The fourth-order valence-electron chi connectivity index (χ4n) is 24.2. The highest BCUT2D eigenvalue weighted by Crippen LogP contribution is 2.56. The molecule has 0 amide bonds. The van der Waals surface area contributed by atoms with Gasteiger partial charge in [-0.2, -0.15) is 0 Å². The number of fused-ring (bicyclic) bond motifs is 16. The smallest absolute Gasteiger partial charge is 0.193 e. The van der Waals surface area contributed by atoms with E-state index in [1.807, 2.05) is 146 Å². The van der Waals surface area contributed by atoms with Crippen molar-refractivity contribution < 1.29 is 19.2 Å².